The highest BCUT2D eigenvalue weighted by Crippen LogP contribution is 2.34. The van der Waals surface area contributed by atoms with Crippen molar-refractivity contribution in [2.75, 3.05) is 37.0 Å². The number of hydrogen-bond donors (Lipinski definition) is 2. The molecule has 4 heterocycles. The van der Waals surface area contributed by atoms with Gasteiger partial charge in [-0.2, -0.15) is 10.2 Å². The molecule has 1 fully saturated rings. The van der Waals surface area contributed by atoms with Crippen LogP contribution in [0.1, 0.15) is 51.1 Å². The number of aliphatic hydroxyl groups is 1. The molecule has 0 unspecified atom stereocenters. The second-order valence-corrected chi connectivity index (χ2v) is 11.0. The highest BCUT2D eigenvalue weighted by molar-refractivity contribution is 5.94. The zero-order valence-corrected chi connectivity index (χ0v) is 24.5. The summed E-state index contributed by atoms with van der Waals surface area (Å²) in [6.45, 7) is 5.75. The number of anilines is 3. The van der Waals surface area contributed by atoms with E-state index in [1.165, 1.54) is 0 Å². The number of fused-ring (bicyclic) bond motifs is 1. The van der Waals surface area contributed by atoms with Gasteiger partial charge >= 0.3 is 0 Å². The first kappa shape index (κ1) is 28.2. The molecule has 43 heavy (non-hydrogen) atoms. The van der Waals surface area contributed by atoms with E-state index in [2.05, 4.69) is 34.3 Å². The molecule has 2 aromatic carbocycles. The van der Waals surface area contributed by atoms with E-state index in [0.717, 1.165) is 59.0 Å². The number of carbonyl (C=O) groups is 1. The number of nitriles is 1. The Morgan fingerprint density at radius 3 is 2.74 bits per heavy atom. The molecule has 1 saturated heterocycles. The Hall–Kier alpha value is -4.95. The van der Waals surface area contributed by atoms with Crippen LogP contribution in [0.15, 0.2) is 48.9 Å². The average Bonchev–Trinajstić information content (AvgIpc) is 3.71. The number of amides is 1. The van der Waals surface area contributed by atoms with Crippen LogP contribution < -0.4 is 15.0 Å². The van der Waals surface area contributed by atoms with Crippen molar-refractivity contribution in [3.8, 4) is 17.5 Å². The topological polar surface area (TPSA) is 132 Å². The van der Waals surface area contributed by atoms with Crippen LogP contribution >= 0.6 is 0 Å². The van der Waals surface area contributed by atoms with Gasteiger partial charge in [0.1, 0.15) is 17.9 Å². The molecule has 4 aromatic rings. The van der Waals surface area contributed by atoms with E-state index in [1.807, 2.05) is 23.8 Å². The molecule has 6 rings (SSSR count). The summed E-state index contributed by atoms with van der Waals surface area (Å²) < 4.78 is 7.47. The summed E-state index contributed by atoms with van der Waals surface area (Å²) in [5, 5.41) is 22.5. The van der Waals surface area contributed by atoms with Crippen molar-refractivity contribution in [2.45, 2.75) is 45.7 Å². The zero-order chi connectivity index (χ0) is 30.1. The first-order valence-corrected chi connectivity index (χ1v) is 14.4. The van der Waals surface area contributed by atoms with Crippen LogP contribution in [0.5, 0.6) is 5.75 Å². The van der Waals surface area contributed by atoms with Crippen molar-refractivity contribution >= 4 is 23.5 Å². The number of carbonyl (C=O) groups excluding carboxylic acids is 1. The molecule has 220 valence electrons. The Morgan fingerprint density at radius 1 is 1.19 bits per heavy atom. The summed E-state index contributed by atoms with van der Waals surface area (Å²) in [5.74, 6) is 2.47. The number of hydrogen-bond acceptors (Lipinski definition) is 9. The van der Waals surface area contributed by atoms with Crippen LogP contribution in [0.4, 0.5) is 17.6 Å². The van der Waals surface area contributed by atoms with E-state index in [4.69, 9.17) is 20.0 Å². The third kappa shape index (κ3) is 5.49. The molecule has 2 aromatic heterocycles. The van der Waals surface area contributed by atoms with E-state index in [1.54, 1.807) is 42.6 Å². The van der Waals surface area contributed by atoms with Gasteiger partial charge < -0.3 is 29.5 Å². The van der Waals surface area contributed by atoms with Crippen molar-refractivity contribution in [1.29, 1.82) is 5.26 Å². The number of methoxy groups -OCH3 is 1. The second kappa shape index (κ2) is 11.7. The summed E-state index contributed by atoms with van der Waals surface area (Å²) in [4.78, 5) is 31.7. The fourth-order valence-electron chi connectivity index (χ4n) is 5.85. The molecular formula is C32H34N8O3. The fourth-order valence-corrected chi connectivity index (χ4v) is 5.85. The third-order valence-electron chi connectivity index (χ3n) is 8.39. The number of ether oxygens (including phenoxy) is 1. The minimum atomic E-state index is -0.100. The first-order valence-electron chi connectivity index (χ1n) is 14.4. The lowest BCUT2D eigenvalue weighted by Gasteiger charge is -2.33. The number of nitrogens with one attached hydrogen (secondary N) is 1. The van der Waals surface area contributed by atoms with Gasteiger partial charge in [-0.25, -0.2) is 9.97 Å². The van der Waals surface area contributed by atoms with Gasteiger partial charge in [-0.1, -0.05) is 0 Å². The largest absolute Gasteiger partial charge is 0.496 e. The highest BCUT2D eigenvalue weighted by atomic mass is 16.5. The summed E-state index contributed by atoms with van der Waals surface area (Å²) in [6.07, 6.45) is 6.01. The smallest absolute Gasteiger partial charge is 0.254 e. The monoisotopic (exact) mass is 578 g/mol. The molecule has 2 aliphatic heterocycles. The Kier molecular flexibility index (Phi) is 7.69. The highest BCUT2D eigenvalue weighted by Gasteiger charge is 2.32. The molecule has 2 aliphatic rings. The van der Waals surface area contributed by atoms with Gasteiger partial charge in [-0.3, -0.25) is 4.79 Å². The SMILES string of the molecule is COc1cc(-n2cnc(Nc3nc4c(c(N5CCC[C@H]5CO)n3)CN(C(=O)c3ccc(C#N)cc3)CC4)c2)cc(C)c1C. The molecule has 1 amide bonds. The number of aromatic nitrogens is 4. The van der Waals surface area contributed by atoms with Gasteiger partial charge in [0.15, 0.2) is 5.82 Å². The van der Waals surface area contributed by atoms with Crippen LogP contribution in [-0.2, 0) is 13.0 Å². The lowest BCUT2D eigenvalue weighted by Crippen LogP contribution is -2.39. The van der Waals surface area contributed by atoms with Gasteiger partial charge in [-0.05, 0) is 68.1 Å². The quantitative estimate of drug-likeness (QED) is 0.333. The van der Waals surface area contributed by atoms with E-state index in [0.29, 0.717) is 42.4 Å². The summed E-state index contributed by atoms with van der Waals surface area (Å²) in [6, 6.07) is 12.8. The number of benzene rings is 2. The summed E-state index contributed by atoms with van der Waals surface area (Å²) in [5.41, 5.74) is 5.97. The van der Waals surface area contributed by atoms with Crippen molar-refractivity contribution < 1.29 is 14.6 Å². The van der Waals surface area contributed by atoms with Crippen LogP contribution in [0.3, 0.4) is 0 Å². The van der Waals surface area contributed by atoms with E-state index < -0.39 is 0 Å². The van der Waals surface area contributed by atoms with Crippen molar-refractivity contribution in [2.24, 2.45) is 0 Å². The van der Waals surface area contributed by atoms with Crippen LogP contribution in [0.2, 0.25) is 0 Å². The maximum Gasteiger partial charge on any atom is 0.254 e. The molecule has 1 atom stereocenters. The third-order valence-corrected chi connectivity index (χ3v) is 8.39. The molecule has 11 nitrogen and oxygen atoms in total. The van der Waals surface area contributed by atoms with Crippen molar-refractivity contribution in [3.63, 3.8) is 0 Å². The number of nitrogens with zero attached hydrogens (tertiary/aromatic N) is 7. The number of aryl methyl sites for hydroxylation is 1. The predicted octanol–water partition coefficient (Wildman–Crippen LogP) is 4.06. The second-order valence-electron chi connectivity index (χ2n) is 11.0. The maximum atomic E-state index is 13.4. The Bertz CT molecular complexity index is 1710. The van der Waals surface area contributed by atoms with Crippen molar-refractivity contribution in [1.82, 2.24) is 24.4 Å². The molecule has 0 spiro atoms. The molecule has 0 bridgehead atoms. The van der Waals surface area contributed by atoms with Gasteiger partial charge in [-0.15, -0.1) is 0 Å². The van der Waals surface area contributed by atoms with Crippen molar-refractivity contribution in [3.05, 3.63) is 82.4 Å². The average molecular weight is 579 g/mol. The lowest BCUT2D eigenvalue weighted by molar-refractivity contribution is 0.0733. The standard InChI is InChI=1S/C32H34N8O3/c1-20-13-25(14-28(43-3)21(20)2)39-17-29(34-19-39)36-32-35-27-10-12-38(31(42)23-8-6-22(15-33)7-9-23)16-26(27)30(37-32)40-11-4-5-24(40)18-41/h6-9,13-14,17,19,24,41H,4-5,10-12,16,18H2,1-3H3,(H,35,36,37)/t24-/m0/s1. The maximum absolute atomic E-state index is 13.4. The molecule has 0 radical (unpaired) electrons. The summed E-state index contributed by atoms with van der Waals surface area (Å²) in [7, 11) is 1.67. The lowest BCUT2D eigenvalue weighted by atomic mass is 10.0. The minimum absolute atomic E-state index is 0.0270. The van der Waals surface area contributed by atoms with E-state index in [-0.39, 0.29) is 18.6 Å². The number of rotatable bonds is 7. The van der Waals surface area contributed by atoms with E-state index >= 15 is 0 Å². The summed E-state index contributed by atoms with van der Waals surface area (Å²) >= 11 is 0. The number of aliphatic hydroxyl groups excluding tert-OH is 1. The number of imidazole rings is 1. The van der Waals surface area contributed by atoms with Crippen LogP contribution in [0, 0.1) is 25.2 Å². The van der Waals surface area contributed by atoms with Crippen LogP contribution in [-0.4, -0.2) is 68.3 Å². The Balaban J connectivity index is 1.30. The molecular weight excluding hydrogens is 544 g/mol. The Morgan fingerprint density at radius 2 is 2.00 bits per heavy atom. The van der Waals surface area contributed by atoms with Gasteiger partial charge in [0.25, 0.3) is 5.91 Å². The molecule has 2 N–H and O–H groups in total. The normalized spacial score (nSPS) is 16.1. The predicted molar refractivity (Wildman–Crippen MR) is 162 cm³/mol. The molecule has 0 aliphatic carbocycles. The molecule has 11 heteroatoms. The van der Waals surface area contributed by atoms with Gasteiger partial charge in [0, 0.05) is 36.7 Å². The van der Waals surface area contributed by atoms with Gasteiger partial charge in [0.2, 0.25) is 5.95 Å². The fraction of sp³-hybridized carbons (Fsp3) is 0.344. The zero-order valence-electron chi connectivity index (χ0n) is 24.5. The van der Waals surface area contributed by atoms with Gasteiger partial charge in [0.05, 0.1) is 55.5 Å². The van der Waals surface area contributed by atoms with E-state index in [9.17, 15) is 9.90 Å². The molecule has 0 saturated carbocycles. The Labute approximate surface area is 250 Å². The first-order chi connectivity index (χ1) is 20.9. The minimum Gasteiger partial charge on any atom is -0.496 e. The van der Waals surface area contributed by atoms with Crippen LogP contribution in [0.25, 0.3) is 5.69 Å².